The van der Waals surface area contributed by atoms with E-state index in [1.807, 2.05) is 72.8 Å². The fourth-order valence-electron chi connectivity index (χ4n) is 5.31. The molecule has 1 atom stereocenters. The molecular weight excluding hydrogens is 550 g/mol. The van der Waals surface area contributed by atoms with Gasteiger partial charge in [-0.05, 0) is 58.7 Å². The van der Waals surface area contributed by atoms with Crippen molar-refractivity contribution in [1.29, 1.82) is 0 Å². The highest BCUT2D eigenvalue weighted by Gasteiger charge is 2.29. The van der Waals surface area contributed by atoms with E-state index in [0.29, 0.717) is 5.89 Å². The average Bonchev–Trinajstić information content (AvgIpc) is 3.75. The third-order valence-corrected chi connectivity index (χ3v) is 7.87. The molecule has 0 aliphatic carbocycles. The van der Waals surface area contributed by atoms with E-state index in [0.717, 1.165) is 56.4 Å². The van der Waals surface area contributed by atoms with Gasteiger partial charge in [0.1, 0.15) is 0 Å². The number of aromatic nitrogens is 1. The summed E-state index contributed by atoms with van der Waals surface area (Å²) in [6.45, 7) is 0. The first-order valence-corrected chi connectivity index (χ1v) is 14.6. The van der Waals surface area contributed by atoms with Crippen LogP contribution in [0.1, 0.15) is 34.7 Å². The Morgan fingerprint density at radius 3 is 1.93 bits per heavy atom. The summed E-state index contributed by atoms with van der Waals surface area (Å²) in [6.07, 6.45) is 6.84. The van der Waals surface area contributed by atoms with Crippen molar-refractivity contribution >= 4 is 35.2 Å². The molecule has 43 heavy (non-hydrogen) atoms. The maximum atomic E-state index is 6.14. The van der Waals surface area contributed by atoms with E-state index in [1.54, 1.807) is 6.20 Å². The second-order valence-corrected chi connectivity index (χ2v) is 10.9. The van der Waals surface area contributed by atoms with Crippen molar-refractivity contribution in [3.05, 3.63) is 167 Å². The third kappa shape index (κ3) is 5.92. The van der Waals surface area contributed by atoms with E-state index in [9.17, 15) is 0 Å². The molecule has 5 heteroatoms. The zero-order valence-corrected chi connectivity index (χ0v) is 24.1. The lowest BCUT2D eigenvalue weighted by atomic mass is 9.98. The van der Waals surface area contributed by atoms with Crippen LogP contribution in [0.2, 0.25) is 5.02 Å². The molecule has 4 nitrogen and oxygen atoms in total. The SMILES string of the molecule is Clc1ccc(C2=NN(c3ccc(/C=C/c4ccc(-c5ncc(-c6ccccc6)o5)cc4)cc3)[C@@H](c3ccccc3)C2)cc1. The van der Waals surface area contributed by atoms with Gasteiger partial charge in [0, 0.05) is 22.6 Å². The van der Waals surface area contributed by atoms with Gasteiger partial charge in [-0.1, -0.05) is 121 Å². The Labute approximate surface area is 256 Å². The quantitative estimate of drug-likeness (QED) is 0.177. The normalized spacial score (nSPS) is 14.8. The van der Waals surface area contributed by atoms with Crippen molar-refractivity contribution in [2.24, 2.45) is 5.10 Å². The highest BCUT2D eigenvalue weighted by molar-refractivity contribution is 6.30. The molecule has 0 N–H and O–H groups in total. The summed E-state index contributed by atoms with van der Waals surface area (Å²) in [5.41, 5.74) is 8.62. The smallest absolute Gasteiger partial charge is 0.226 e. The van der Waals surface area contributed by atoms with E-state index in [2.05, 4.69) is 82.8 Å². The number of hydrogen-bond acceptors (Lipinski definition) is 4. The lowest BCUT2D eigenvalue weighted by molar-refractivity contribution is 0.589. The highest BCUT2D eigenvalue weighted by Crippen LogP contribution is 2.37. The Balaban J connectivity index is 1.07. The minimum absolute atomic E-state index is 0.124. The third-order valence-electron chi connectivity index (χ3n) is 7.62. The molecule has 2 heterocycles. The monoisotopic (exact) mass is 577 g/mol. The van der Waals surface area contributed by atoms with Crippen LogP contribution in [-0.2, 0) is 0 Å². The molecule has 1 aliphatic heterocycles. The molecule has 6 aromatic rings. The average molecular weight is 578 g/mol. The van der Waals surface area contributed by atoms with E-state index in [1.165, 1.54) is 5.56 Å². The van der Waals surface area contributed by atoms with Crippen LogP contribution in [0.15, 0.2) is 149 Å². The van der Waals surface area contributed by atoms with E-state index in [4.69, 9.17) is 21.1 Å². The van der Waals surface area contributed by atoms with Gasteiger partial charge in [0.2, 0.25) is 5.89 Å². The topological polar surface area (TPSA) is 41.6 Å². The van der Waals surface area contributed by atoms with E-state index in [-0.39, 0.29) is 6.04 Å². The van der Waals surface area contributed by atoms with Gasteiger partial charge in [0.15, 0.2) is 5.76 Å². The zero-order chi connectivity index (χ0) is 29.0. The van der Waals surface area contributed by atoms with Crippen molar-refractivity contribution in [1.82, 2.24) is 4.98 Å². The lowest BCUT2D eigenvalue weighted by Crippen LogP contribution is -2.18. The number of hydrogen-bond donors (Lipinski definition) is 0. The summed E-state index contributed by atoms with van der Waals surface area (Å²) < 4.78 is 6.00. The van der Waals surface area contributed by atoms with Crippen molar-refractivity contribution in [3.63, 3.8) is 0 Å². The Morgan fingerprint density at radius 1 is 0.651 bits per heavy atom. The molecule has 0 unspecified atom stereocenters. The first kappa shape index (κ1) is 26.7. The maximum Gasteiger partial charge on any atom is 0.226 e. The molecular formula is C38H28ClN3O. The Morgan fingerprint density at radius 2 is 1.26 bits per heavy atom. The van der Waals surface area contributed by atoms with Gasteiger partial charge in [-0.2, -0.15) is 5.10 Å². The van der Waals surface area contributed by atoms with Gasteiger partial charge < -0.3 is 4.42 Å². The molecule has 5 aromatic carbocycles. The molecule has 0 amide bonds. The Bertz CT molecular complexity index is 1880. The number of nitrogens with zero attached hydrogens (tertiary/aromatic N) is 3. The first-order chi connectivity index (χ1) is 21.2. The molecule has 7 rings (SSSR count). The van der Waals surface area contributed by atoms with Crippen LogP contribution in [0.5, 0.6) is 0 Å². The fraction of sp³-hybridized carbons (Fsp3) is 0.0526. The van der Waals surface area contributed by atoms with Crippen LogP contribution in [0.4, 0.5) is 5.69 Å². The molecule has 0 saturated heterocycles. The van der Waals surface area contributed by atoms with Crippen LogP contribution < -0.4 is 5.01 Å². The van der Waals surface area contributed by atoms with E-state index < -0.39 is 0 Å². The lowest BCUT2D eigenvalue weighted by Gasteiger charge is -2.24. The fourth-order valence-corrected chi connectivity index (χ4v) is 5.44. The number of hydrazone groups is 1. The van der Waals surface area contributed by atoms with Crippen LogP contribution >= 0.6 is 11.6 Å². The summed E-state index contributed by atoms with van der Waals surface area (Å²) in [6, 6.07) is 45.4. The molecule has 1 aliphatic rings. The van der Waals surface area contributed by atoms with Crippen molar-refractivity contribution in [2.45, 2.75) is 12.5 Å². The Hall–Kier alpha value is -5.19. The number of benzene rings is 5. The van der Waals surface area contributed by atoms with Crippen LogP contribution in [0.25, 0.3) is 34.9 Å². The largest absolute Gasteiger partial charge is 0.436 e. The summed E-state index contributed by atoms with van der Waals surface area (Å²) in [5, 5.41) is 7.93. The summed E-state index contributed by atoms with van der Waals surface area (Å²) in [5.74, 6) is 1.38. The summed E-state index contributed by atoms with van der Waals surface area (Å²) in [7, 11) is 0. The van der Waals surface area contributed by atoms with Crippen LogP contribution in [-0.4, -0.2) is 10.7 Å². The molecule has 0 radical (unpaired) electrons. The predicted molar refractivity (Wildman–Crippen MR) is 177 cm³/mol. The van der Waals surface area contributed by atoms with Gasteiger partial charge in [0.25, 0.3) is 0 Å². The number of oxazole rings is 1. The van der Waals surface area contributed by atoms with Crippen molar-refractivity contribution < 1.29 is 4.42 Å². The molecule has 0 spiro atoms. The molecule has 0 bridgehead atoms. The second kappa shape index (κ2) is 12.0. The van der Waals surface area contributed by atoms with E-state index >= 15 is 0 Å². The minimum Gasteiger partial charge on any atom is -0.436 e. The number of anilines is 1. The van der Waals surface area contributed by atoms with Crippen molar-refractivity contribution in [3.8, 4) is 22.8 Å². The van der Waals surface area contributed by atoms with Crippen LogP contribution in [0.3, 0.4) is 0 Å². The molecule has 1 aromatic heterocycles. The molecule has 0 fully saturated rings. The summed E-state index contributed by atoms with van der Waals surface area (Å²) in [4.78, 5) is 4.47. The maximum absolute atomic E-state index is 6.14. The van der Waals surface area contributed by atoms with Gasteiger partial charge in [-0.3, -0.25) is 5.01 Å². The molecule has 208 valence electrons. The highest BCUT2D eigenvalue weighted by atomic mass is 35.5. The summed E-state index contributed by atoms with van der Waals surface area (Å²) >= 11 is 6.14. The van der Waals surface area contributed by atoms with Crippen LogP contribution in [0, 0.1) is 0 Å². The predicted octanol–water partition coefficient (Wildman–Crippen LogP) is 10.2. The van der Waals surface area contributed by atoms with Gasteiger partial charge in [0.05, 0.1) is 23.6 Å². The number of halogens is 1. The van der Waals surface area contributed by atoms with Crippen molar-refractivity contribution in [2.75, 3.05) is 5.01 Å². The zero-order valence-electron chi connectivity index (χ0n) is 23.3. The second-order valence-electron chi connectivity index (χ2n) is 10.5. The minimum atomic E-state index is 0.124. The van der Waals surface area contributed by atoms with Gasteiger partial charge >= 0.3 is 0 Å². The first-order valence-electron chi connectivity index (χ1n) is 14.3. The Kier molecular flexibility index (Phi) is 7.43. The van der Waals surface area contributed by atoms with Gasteiger partial charge in [-0.15, -0.1) is 0 Å². The van der Waals surface area contributed by atoms with Gasteiger partial charge in [-0.25, -0.2) is 4.98 Å². The standard InChI is InChI=1S/C38H28ClN3O/c39-33-21-19-29(20-22-33)35-25-36(30-7-3-1-4-8-30)42(41-35)34-23-15-28(16-24-34)12-11-27-13-17-32(18-14-27)38-40-26-37(43-38)31-9-5-2-6-10-31/h1-24,26,36H,25H2/b12-11+/t36-/m1/s1. The molecule has 0 saturated carbocycles. The number of rotatable bonds is 7.